The van der Waals surface area contributed by atoms with Crippen LogP contribution in [-0.2, 0) is 4.79 Å². The molecule has 0 fully saturated rings. The monoisotopic (exact) mass is 311 g/mol. The van der Waals surface area contributed by atoms with Gasteiger partial charge in [0.1, 0.15) is 0 Å². The van der Waals surface area contributed by atoms with Crippen molar-refractivity contribution in [3.63, 3.8) is 0 Å². The molecule has 0 aliphatic carbocycles. The number of hydrogen-bond donors (Lipinski definition) is 1. The van der Waals surface area contributed by atoms with Gasteiger partial charge in [-0.1, -0.05) is 60.1 Å². The zero-order valence-electron chi connectivity index (χ0n) is 11.2. The van der Waals surface area contributed by atoms with Gasteiger partial charge in [0.15, 0.2) is 0 Å². The van der Waals surface area contributed by atoms with Crippen LogP contribution in [0.3, 0.4) is 0 Å². The van der Waals surface area contributed by atoms with Crippen molar-refractivity contribution in [2.75, 3.05) is 5.33 Å². The Morgan fingerprint density at radius 1 is 1.22 bits per heavy atom. The molecule has 18 heavy (non-hydrogen) atoms. The third kappa shape index (κ3) is 5.21. The Hall–Kier alpha value is -0.830. The van der Waals surface area contributed by atoms with Gasteiger partial charge in [0.05, 0.1) is 6.04 Å². The Kier molecular flexibility index (Phi) is 7.02. The fourth-order valence-corrected chi connectivity index (χ4v) is 2.32. The van der Waals surface area contributed by atoms with Crippen LogP contribution in [0.4, 0.5) is 0 Å². The highest BCUT2D eigenvalue weighted by Gasteiger charge is 2.17. The summed E-state index contributed by atoms with van der Waals surface area (Å²) in [4.78, 5) is 11.9. The number of alkyl halides is 1. The van der Waals surface area contributed by atoms with E-state index in [1.165, 1.54) is 5.56 Å². The van der Waals surface area contributed by atoms with E-state index in [-0.39, 0.29) is 11.9 Å². The zero-order valence-corrected chi connectivity index (χ0v) is 12.7. The van der Waals surface area contributed by atoms with Crippen LogP contribution in [0.5, 0.6) is 0 Å². The molecule has 0 saturated heterocycles. The first-order valence-corrected chi connectivity index (χ1v) is 7.67. The summed E-state index contributed by atoms with van der Waals surface area (Å²) in [5, 5.41) is 4.10. The fraction of sp³-hybridized carbons (Fsp3) is 0.533. The lowest BCUT2D eigenvalue weighted by atomic mass is 9.96. The summed E-state index contributed by atoms with van der Waals surface area (Å²) in [6, 6.07) is 10.3. The molecule has 0 spiro atoms. The molecule has 0 aliphatic rings. The third-order valence-corrected chi connectivity index (χ3v) is 3.49. The normalized spacial score (nSPS) is 12.4. The first kappa shape index (κ1) is 15.2. The Balaban J connectivity index is 2.56. The van der Waals surface area contributed by atoms with Crippen molar-refractivity contribution in [2.45, 2.75) is 39.2 Å². The Morgan fingerprint density at radius 2 is 1.89 bits per heavy atom. The van der Waals surface area contributed by atoms with Gasteiger partial charge in [-0.2, -0.15) is 0 Å². The van der Waals surface area contributed by atoms with E-state index in [4.69, 9.17) is 0 Å². The number of amides is 1. The van der Waals surface area contributed by atoms with Gasteiger partial charge in [0.25, 0.3) is 0 Å². The third-order valence-electron chi connectivity index (χ3n) is 2.93. The smallest absolute Gasteiger partial charge is 0.220 e. The summed E-state index contributed by atoms with van der Waals surface area (Å²) in [7, 11) is 0. The van der Waals surface area contributed by atoms with Crippen LogP contribution in [-0.4, -0.2) is 11.2 Å². The van der Waals surface area contributed by atoms with Gasteiger partial charge in [-0.15, -0.1) is 0 Å². The molecule has 0 aromatic heterocycles. The summed E-state index contributed by atoms with van der Waals surface area (Å²) in [5.74, 6) is 0.547. The van der Waals surface area contributed by atoms with Gasteiger partial charge in [-0.05, 0) is 24.3 Å². The van der Waals surface area contributed by atoms with E-state index in [1.54, 1.807) is 0 Å². The molecule has 0 saturated carbocycles. The summed E-state index contributed by atoms with van der Waals surface area (Å²) in [6.45, 7) is 4.27. The molecule has 1 N–H and O–H groups in total. The van der Waals surface area contributed by atoms with Gasteiger partial charge >= 0.3 is 0 Å². The van der Waals surface area contributed by atoms with E-state index in [0.717, 1.165) is 18.2 Å². The van der Waals surface area contributed by atoms with Crippen LogP contribution in [0.2, 0.25) is 0 Å². The van der Waals surface area contributed by atoms with Crippen LogP contribution in [0, 0.1) is 5.92 Å². The summed E-state index contributed by atoms with van der Waals surface area (Å²) in [5.41, 5.74) is 1.18. The lowest BCUT2D eigenvalue weighted by Gasteiger charge is -2.23. The molecular weight excluding hydrogens is 290 g/mol. The summed E-state index contributed by atoms with van der Waals surface area (Å²) < 4.78 is 0. The molecule has 3 heteroatoms. The number of unbranched alkanes of at least 4 members (excludes halogenated alkanes) is 1. The highest BCUT2D eigenvalue weighted by Crippen LogP contribution is 2.21. The molecule has 1 unspecified atom stereocenters. The van der Waals surface area contributed by atoms with Crippen molar-refractivity contribution in [3.8, 4) is 0 Å². The van der Waals surface area contributed by atoms with Gasteiger partial charge in [-0.3, -0.25) is 4.79 Å². The minimum atomic E-state index is 0.114. The van der Waals surface area contributed by atoms with Gasteiger partial charge in [-0.25, -0.2) is 0 Å². The molecule has 2 nitrogen and oxygen atoms in total. The average Bonchev–Trinajstić information content (AvgIpc) is 2.37. The topological polar surface area (TPSA) is 29.1 Å². The van der Waals surface area contributed by atoms with E-state index in [1.807, 2.05) is 18.2 Å². The molecule has 0 bridgehead atoms. The number of hydrogen-bond acceptors (Lipinski definition) is 1. The molecule has 0 aliphatic heterocycles. The maximum absolute atomic E-state index is 11.9. The van der Waals surface area contributed by atoms with Crippen LogP contribution >= 0.6 is 15.9 Å². The van der Waals surface area contributed by atoms with E-state index in [2.05, 4.69) is 47.2 Å². The predicted molar refractivity (Wildman–Crippen MR) is 79.8 cm³/mol. The van der Waals surface area contributed by atoms with Crippen molar-refractivity contribution in [1.82, 2.24) is 5.32 Å². The number of nitrogens with one attached hydrogen (secondary N) is 1. The van der Waals surface area contributed by atoms with E-state index in [9.17, 15) is 4.79 Å². The number of halogens is 1. The second-order valence-electron chi connectivity index (χ2n) is 4.85. The highest BCUT2D eigenvalue weighted by molar-refractivity contribution is 9.09. The molecule has 100 valence electrons. The zero-order chi connectivity index (χ0) is 13.4. The number of rotatable bonds is 7. The van der Waals surface area contributed by atoms with Crippen molar-refractivity contribution >= 4 is 21.8 Å². The largest absolute Gasteiger partial charge is 0.349 e. The molecule has 1 aromatic rings. The maximum Gasteiger partial charge on any atom is 0.220 e. The quantitative estimate of drug-likeness (QED) is 0.597. The summed E-state index contributed by atoms with van der Waals surface area (Å²) >= 11 is 3.38. The van der Waals surface area contributed by atoms with Crippen LogP contribution in [0.25, 0.3) is 0 Å². The first-order chi connectivity index (χ1) is 8.65. The second-order valence-corrected chi connectivity index (χ2v) is 5.64. The SMILES string of the molecule is CC(C)C(NC(=O)CCCCBr)c1ccccc1. The van der Waals surface area contributed by atoms with E-state index in [0.29, 0.717) is 12.3 Å². The maximum atomic E-state index is 11.9. The van der Waals surface area contributed by atoms with Gasteiger partial charge in [0, 0.05) is 11.8 Å². The van der Waals surface area contributed by atoms with Crippen LogP contribution in [0.15, 0.2) is 30.3 Å². The lowest BCUT2D eigenvalue weighted by molar-refractivity contribution is -0.122. The lowest BCUT2D eigenvalue weighted by Crippen LogP contribution is -2.31. The highest BCUT2D eigenvalue weighted by atomic mass is 79.9. The molecule has 1 aromatic carbocycles. The molecular formula is C15H22BrNO. The van der Waals surface area contributed by atoms with Crippen molar-refractivity contribution in [3.05, 3.63) is 35.9 Å². The van der Waals surface area contributed by atoms with Crippen molar-refractivity contribution in [1.29, 1.82) is 0 Å². The van der Waals surface area contributed by atoms with Gasteiger partial charge < -0.3 is 5.32 Å². The number of carbonyl (C=O) groups excluding carboxylic acids is 1. The van der Waals surface area contributed by atoms with Crippen molar-refractivity contribution in [2.24, 2.45) is 5.92 Å². The first-order valence-electron chi connectivity index (χ1n) is 6.55. The van der Waals surface area contributed by atoms with Crippen molar-refractivity contribution < 1.29 is 4.79 Å². The molecule has 1 amide bonds. The minimum Gasteiger partial charge on any atom is -0.349 e. The summed E-state index contributed by atoms with van der Waals surface area (Å²) in [6.07, 6.45) is 2.60. The number of carbonyl (C=O) groups is 1. The number of benzene rings is 1. The molecule has 1 rings (SSSR count). The second kappa shape index (κ2) is 8.30. The average molecular weight is 312 g/mol. The molecule has 0 heterocycles. The Bertz CT molecular complexity index is 351. The van der Waals surface area contributed by atoms with E-state index < -0.39 is 0 Å². The Morgan fingerprint density at radius 3 is 2.44 bits per heavy atom. The van der Waals surface area contributed by atoms with E-state index >= 15 is 0 Å². The van der Waals surface area contributed by atoms with Crippen LogP contribution < -0.4 is 5.32 Å². The standard InChI is InChI=1S/C15H22BrNO/c1-12(2)15(13-8-4-3-5-9-13)17-14(18)10-6-7-11-16/h3-5,8-9,12,15H,6-7,10-11H2,1-2H3,(H,17,18). The predicted octanol–water partition coefficient (Wildman–Crippen LogP) is 4.07. The molecule has 1 atom stereocenters. The Labute approximate surface area is 118 Å². The fourth-order valence-electron chi connectivity index (χ4n) is 1.92. The molecule has 0 radical (unpaired) electrons. The van der Waals surface area contributed by atoms with Crippen LogP contribution in [0.1, 0.15) is 44.7 Å². The minimum absolute atomic E-state index is 0.114. The van der Waals surface area contributed by atoms with Gasteiger partial charge in [0.2, 0.25) is 5.91 Å².